The van der Waals surface area contributed by atoms with Crippen molar-refractivity contribution < 1.29 is 31.1 Å². The second kappa shape index (κ2) is 8.12. The molecular weight excluding hydrogens is 528 g/mol. The Labute approximate surface area is 220 Å². The minimum Gasteiger partial charge on any atom is -0.323 e. The van der Waals surface area contributed by atoms with E-state index in [0.29, 0.717) is 42.4 Å². The summed E-state index contributed by atoms with van der Waals surface area (Å²) in [4.78, 5) is 21.3. The molecule has 0 aromatic carbocycles. The van der Waals surface area contributed by atoms with E-state index in [1.807, 2.05) is 9.80 Å². The van der Waals surface area contributed by atoms with Gasteiger partial charge in [0.05, 0.1) is 0 Å². The minimum absolute atomic E-state index is 0.0186. The summed E-state index contributed by atoms with van der Waals surface area (Å²) in [6.07, 6.45) is -3.66. The minimum atomic E-state index is -4.80. The zero-order valence-electron chi connectivity index (χ0n) is 21.2. The van der Waals surface area contributed by atoms with Crippen molar-refractivity contribution >= 4 is 6.03 Å². The van der Waals surface area contributed by atoms with Crippen LogP contribution in [0, 0.1) is 16.7 Å². The summed E-state index contributed by atoms with van der Waals surface area (Å²) in [5.41, 5.74) is -1.26. The van der Waals surface area contributed by atoms with Crippen molar-refractivity contribution in [3.05, 3.63) is 29.1 Å². The average Bonchev–Trinajstić information content (AvgIpc) is 3.32. The number of carbonyl (C=O) groups is 1. The second-order valence-corrected chi connectivity index (χ2v) is 12.7. The fraction of sp³-hybridized carbons (Fsp3) is 0.760. The first-order valence-corrected chi connectivity index (χ1v) is 13.5. The largest absolute Gasteiger partial charge is 0.435 e. The van der Waals surface area contributed by atoms with Gasteiger partial charge in [-0.2, -0.15) is 36.5 Å². The Morgan fingerprint density at radius 3 is 2.13 bits per heavy atom. The number of alkyl halides is 6. The van der Waals surface area contributed by atoms with Crippen molar-refractivity contribution in [1.29, 1.82) is 0 Å². The van der Waals surface area contributed by atoms with Gasteiger partial charge in [0.2, 0.25) is 0 Å². The van der Waals surface area contributed by atoms with E-state index in [2.05, 4.69) is 20.3 Å². The maximum atomic E-state index is 13.0. The SMILES string of the molecule is O=C(N1CC2(CC(Cc3cc(C(F)(F)F)nn3CC(F)(F)F)C2)C1)N1CC2(CC(c3n[nH]c(C4CC4)n3)C2)C1. The van der Waals surface area contributed by atoms with Crippen molar-refractivity contribution in [2.75, 3.05) is 26.2 Å². The molecule has 8 nitrogen and oxygen atoms in total. The summed E-state index contributed by atoms with van der Waals surface area (Å²) < 4.78 is 78.2. The van der Waals surface area contributed by atoms with Crippen molar-refractivity contribution in [3.8, 4) is 0 Å². The van der Waals surface area contributed by atoms with Gasteiger partial charge in [-0.15, -0.1) is 0 Å². The van der Waals surface area contributed by atoms with E-state index in [1.54, 1.807) is 0 Å². The number of aromatic nitrogens is 5. The van der Waals surface area contributed by atoms with Crippen LogP contribution in [-0.4, -0.2) is 73.1 Å². The zero-order valence-corrected chi connectivity index (χ0v) is 21.2. The number of likely N-dealkylation sites (tertiary alicyclic amines) is 2. The number of rotatable bonds is 5. The number of amides is 2. The smallest absolute Gasteiger partial charge is 0.323 e. The van der Waals surface area contributed by atoms with Crippen LogP contribution in [0.2, 0.25) is 0 Å². The van der Waals surface area contributed by atoms with Gasteiger partial charge < -0.3 is 9.80 Å². The predicted molar refractivity (Wildman–Crippen MR) is 123 cm³/mol. The monoisotopic (exact) mass is 557 g/mol. The zero-order chi connectivity index (χ0) is 27.4. The molecule has 0 unspecified atom stereocenters. The van der Waals surface area contributed by atoms with E-state index in [4.69, 9.17) is 0 Å². The molecule has 5 aliphatic rings. The topological polar surface area (TPSA) is 82.9 Å². The Kier molecular flexibility index (Phi) is 5.24. The van der Waals surface area contributed by atoms with Gasteiger partial charge in [-0.05, 0) is 56.9 Å². The summed E-state index contributed by atoms with van der Waals surface area (Å²) >= 11 is 0. The highest BCUT2D eigenvalue weighted by Crippen LogP contribution is 2.57. The molecule has 2 spiro atoms. The van der Waals surface area contributed by atoms with Crippen LogP contribution in [0.25, 0.3) is 0 Å². The van der Waals surface area contributed by atoms with Crippen LogP contribution in [0.15, 0.2) is 6.07 Å². The fourth-order valence-corrected chi connectivity index (χ4v) is 7.36. The second-order valence-electron chi connectivity index (χ2n) is 12.7. The lowest BCUT2D eigenvalue weighted by Crippen LogP contribution is -2.71. The molecule has 0 radical (unpaired) electrons. The third-order valence-corrected chi connectivity index (χ3v) is 9.28. The Hall–Kier alpha value is -2.80. The Morgan fingerprint density at radius 1 is 0.949 bits per heavy atom. The fourth-order valence-electron chi connectivity index (χ4n) is 7.36. The van der Waals surface area contributed by atoms with Gasteiger partial charge in [0, 0.05) is 54.5 Å². The van der Waals surface area contributed by atoms with E-state index in [0.717, 1.165) is 43.6 Å². The van der Waals surface area contributed by atoms with Gasteiger partial charge in [0.15, 0.2) is 11.5 Å². The number of urea groups is 1. The summed E-state index contributed by atoms with van der Waals surface area (Å²) in [5.74, 6) is 2.77. The highest BCUT2D eigenvalue weighted by Gasteiger charge is 2.59. The molecule has 2 aliphatic heterocycles. The molecule has 0 bridgehead atoms. The van der Waals surface area contributed by atoms with Crippen molar-refractivity contribution in [1.82, 2.24) is 34.8 Å². The molecule has 2 saturated heterocycles. The highest BCUT2D eigenvalue weighted by atomic mass is 19.4. The lowest BCUT2D eigenvalue weighted by molar-refractivity contribution is -0.149. The first-order chi connectivity index (χ1) is 18.3. The number of hydrogen-bond donors (Lipinski definition) is 1. The third kappa shape index (κ3) is 4.56. The van der Waals surface area contributed by atoms with Crippen LogP contribution in [0.5, 0.6) is 0 Å². The number of carbonyl (C=O) groups excluding carboxylic acids is 1. The van der Waals surface area contributed by atoms with Crippen LogP contribution >= 0.6 is 0 Å². The lowest BCUT2D eigenvalue weighted by atomic mass is 9.56. The molecule has 3 saturated carbocycles. The molecule has 5 fully saturated rings. The molecule has 1 N–H and O–H groups in total. The molecule has 2 aromatic heterocycles. The number of halogens is 6. The van der Waals surface area contributed by atoms with E-state index >= 15 is 0 Å². The van der Waals surface area contributed by atoms with Crippen LogP contribution in [0.1, 0.15) is 73.4 Å². The van der Waals surface area contributed by atoms with Gasteiger partial charge in [0.1, 0.15) is 12.4 Å². The molecule has 3 aliphatic carbocycles. The first-order valence-electron chi connectivity index (χ1n) is 13.5. The van der Waals surface area contributed by atoms with Crippen LogP contribution < -0.4 is 0 Å². The van der Waals surface area contributed by atoms with Crippen LogP contribution in [0.4, 0.5) is 31.1 Å². The maximum absolute atomic E-state index is 13.0. The molecule has 39 heavy (non-hydrogen) atoms. The summed E-state index contributed by atoms with van der Waals surface area (Å²) in [6.45, 7) is 1.10. The van der Waals surface area contributed by atoms with Gasteiger partial charge >= 0.3 is 18.4 Å². The van der Waals surface area contributed by atoms with Gasteiger partial charge in [-0.25, -0.2) is 9.78 Å². The number of nitrogens with one attached hydrogen (secondary N) is 1. The van der Waals surface area contributed by atoms with E-state index in [9.17, 15) is 31.1 Å². The third-order valence-electron chi connectivity index (χ3n) is 9.28. The van der Waals surface area contributed by atoms with Gasteiger partial charge in [-0.3, -0.25) is 9.78 Å². The van der Waals surface area contributed by atoms with Crippen molar-refractivity contribution in [2.45, 2.75) is 75.7 Å². The van der Waals surface area contributed by atoms with E-state index in [1.165, 1.54) is 12.8 Å². The molecular formula is C25H29F6N7O. The summed E-state index contributed by atoms with van der Waals surface area (Å²) in [6, 6.07) is 0.747. The maximum Gasteiger partial charge on any atom is 0.435 e. The van der Waals surface area contributed by atoms with Crippen LogP contribution in [-0.2, 0) is 19.1 Å². The van der Waals surface area contributed by atoms with Crippen LogP contribution in [0.3, 0.4) is 0 Å². The lowest BCUT2D eigenvalue weighted by Gasteiger charge is -2.63. The molecule has 4 heterocycles. The summed E-state index contributed by atoms with van der Waals surface area (Å²) in [5, 5.41) is 10.6. The van der Waals surface area contributed by atoms with Gasteiger partial charge in [-0.1, -0.05) is 0 Å². The number of aromatic amines is 1. The molecule has 2 amide bonds. The summed E-state index contributed by atoms with van der Waals surface area (Å²) in [7, 11) is 0. The van der Waals surface area contributed by atoms with Crippen molar-refractivity contribution in [3.63, 3.8) is 0 Å². The molecule has 7 rings (SSSR count). The average molecular weight is 558 g/mol. The quantitative estimate of drug-likeness (QED) is 0.540. The number of hydrogen-bond acceptors (Lipinski definition) is 4. The van der Waals surface area contributed by atoms with Gasteiger partial charge in [0.25, 0.3) is 0 Å². The Balaban J connectivity index is 0.871. The molecule has 14 heteroatoms. The molecule has 212 valence electrons. The predicted octanol–water partition coefficient (Wildman–Crippen LogP) is 4.71. The van der Waals surface area contributed by atoms with E-state index < -0.39 is 24.6 Å². The first kappa shape index (κ1) is 25.2. The number of nitrogens with zero attached hydrogens (tertiary/aromatic N) is 6. The standard InChI is InChI=1S/C25H29F6N7O/c26-24(27,28)13-38-17(4-18(35-38)25(29,30)31)3-14-5-22(6-14)9-36(10-22)21(39)37-11-23(12-37)7-16(8-23)20-32-19(33-34-20)15-1-2-15/h4,14-16H,1-3,5-13H2,(H,32,33,34). The Morgan fingerprint density at radius 2 is 1.56 bits per heavy atom. The normalized spacial score (nSPS) is 24.5. The number of H-pyrrole nitrogens is 1. The van der Waals surface area contributed by atoms with E-state index in [-0.39, 0.29) is 34.9 Å². The molecule has 2 aromatic rings. The molecule has 0 atom stereocenters. The van der Waals surface area contributed by atoms with Crippen molar-refractivity contribution in [2.24, 2.45) is 16.7 Å². The highest BCUT2D eigenvalue weighted by molar-refractivity contribution is 5.77. The Bertz CT molecular complexity index is 1270.